The molecular formula is C20H25N6O3+. The van der Waals surface area contributed by atoms with Crippen LogP contribution in [0.2, 0.25) is 0 Å². The zero-order chi connectivity index (χ0) is 20.0. The standard InChI is InChI=1S/C20H24N6O3/c1-22-17-16(18(27)26(20(22)28)8-7-23-11-13-29-14-12-23)25-10-9-24(19(25)21-17)15-5-3-2-4-6-15/h2-6H,7-14H2,1H3/p+1. The van der Waals surface area contributed by atoms with E-state index in [1.807, 2.05) is 34.9 Å². The summed E-state index contributed by atoms with van der Waals surface area (Å²) in [7, 11) is 1.69. The van der Waals surface area contributed by atoms with E-state index < -0.39 is 0 Å². The van der Waals surface area contributed by atoms with Crippen molar-refractivity contribution in [3.63, 3.8) is 0 Å². The first kappa shape index (κ1) is 18.1. The molecule has 0 atom stereocenters. The molecule has 29 heavy (non-hydrogen) atoms. The number of morpholine rings is 1. The molecule has 9 nitrogen and oxygen atoms in total. The van der Waals surface area contributed by atoms with E-state index in [9.17, 15) is 9.59 Å². The van der Waals surface area contributed by atoms with Crippen molar-refractivity contribution in [2.24, 2.45) is 7.05 Å². The molecule has 0 radical (unpaired) electrons. The summed E-state index contributed by atoms with van der Waals surface area (Å²) in [5, 5.41) is 0. The fourth-order valence-corrected chi connectivity index (χ4v) is 4.31. The van der Waals surface area contributed by atoms with Gasteiger partial charge in [0.25, 0.3) is 5.56 Å². The molecule has 4 heterocycles. The van der Waals surface area contributed by atoms with Gasteiger partial charge in [0, 0.05) is 25.8 Å². The molecule has 2 aliphatic rings. The third kappa shape index (κ3) is 2.97. The Bertz CT molecular complexity index is 1160. The number of anilines is 2. The predicted molar refractivity (Wildman–Crippen MR) is 109 cm³/mol. The van der Waals surface area contributed by atoms with Crippen LogP contribution in [0.5, 0.6) is 0 Å². The third-order valence-corrected chi connectivity index (χ3v) is 5.96. The highest BCUT2D eigenvalue weighted by Crippen LogP contribution is 2.31. The van der Waals surface area contributed by atoms with Crippen LogP contribution in [0.15, 0.2) is 39.9 Å². The minimum Gasteiger partial charge on any atom is -0.370 e. The maximum atomic E-state index is 13.3. The minimum absolute atomic E-state index is 0.246. The Labute approximate surface area is 167 Å². The maximum absolute atomic E-state index is 13.3. The molecule has 0 unspecified atom stereocenters. The number of hydrogen-bond acceptors (Lipinski definition) is 5. The molecule has 0 bridgehead atoms. The predicted octanol–water partition coefficient (Wildman–Crippen LogP) is -1.04. The monoisotopic (exact) mass is 397 g/mol. The van der Waals surface area contributed by atoms with Crippen LogP contribution in [0.25, 0.3) is 11.2 Å². The van der Waals surface area contributed by atoms with Gasteiger partial charge in [-0.3, -0.25) is 13.9 Å². The van der Waals surface area contributed by atoms with Crippen molar-refractivity contribution in [1.29, 1.82) is 0 Å². The molecular weight excluding hydrogens is 372 g/mol. The molecule has 3 aromatic rings. The van der Waals surface area contributed by atoms with E-state index in [1.165, 1.54) is 14.0 Å². The van der Waals surface area contributed by atoms with Crippen molar-refractivity contribution < 1.29 is 9.64 Å². The second-order valence-corrected chi connectivity index (χ2v) is 7.63. The van der Waals surface area contributed by atoms with Crippen molar-refractivity contribution in [2.75, 3.05) is 44.3 Å². The van der Waals surface area contributed by atoms with Gasteiger partial charge < -0.3 is 19.1 Å². The number of fused-ring (bicyclic) bond motifs is 3. The summed E-state index contributed by atoms with van der Waals surface area (Å²) in [6, 6.07) is 9.99. The number of nitrogens with zero attached hydrogens (tertiary/aromatic N) is 5. The van der Waals surface area contributed by atoms with Crippen LogP contribution < -0.4 is 21.0 Å². The van der Waals surface area contributed by atoms with Crippen LogP contribution in [0.3, 0.4) is 0 Å². The van der Waals surface area contributed by atoms with Crippen LogP contribution in [0.1, 0.15) is 0 Å². The molecule has 152 valence electrons. The lowest BCUT2D eigenvalue weighted by molar-refractivity contribution is -0.908. The topological polar surface area (TPSA) is 78.7 Å². The van der Waals surface area contributed by atoms with E-state index in [2.05, 4.69) is 9.88 Å². The fourth-order valence-electron chi connectivity index (χ4n) is 4.31. The summed E-state index contributed by atoms with van der Waals surface area (Å²) >= 11 is 0. The van der Waals surface area contributed by atoms with Crippen LogP contribution in [-0.2, 0) is 24.9 Å². The molecule has 0 amide bonds. The zero-order valence-electron chi connectivity index (χ0n) is 16.5. The summed E-state index contributed by atoms with van der Waals surface area (Å²) in [5.41, 5.74) is 1.44. The summed E-state index contributed by atoms with van der Waals surface area (Å²) in [4.78, 5) is 34.3. The van der Waals surface area contributed by atoms with Crippen LogP contribution in [0.4, 0.5) is 11.6 Å². The van der Waals surface area contributed by atoms with Crippen molar-refractivity contribution in [3.05, 3.63) is 51.2 Å². The van der Waals surface area contributed by atoms with Crippen LogP contribution in [-0.4, -0.2) is 58.1 Å². The Morgan fingerprint density at radius 2 is 1.86 bits per heavy atom. The Morgan fingerprint density at radius 1 is 1.10 bits per heavy atom. The third-order valence-electron chi connectivity index (χ3n) is 5.96. The van der Waals surface area contributed by atoms with Crippen molar-refractivity contribution in [2.45, 2.75) is 13.1 Å². The highest BCUT2D eigenvalue weighted by atomic mass is 16.5. The molecule has 0 aliphatic carbocycles. The number of ether oxygens (including phenoxy) is 1. The number of para-hydroxylation sites is 1. The normalized spacial score (nSPS) is 17.2. The van der Waals surface area contributed by atoms with Gasteiger partial charge in [0.05, 0.1) is 26.3 Å². The summed E-state index contributed by atoms with van der Waals surface area (Å²) in [6.45, 7) is 5.84. The second-order valence-electron chi connectivity index (χ2n) is 7.63. The lowest BCUT2D eigenvalue weighted by atomic mass is 10.3. The number of imidazole rings is 1. The first-order valence-corrected chi connectivity index (χ1v) is 10.1. The number of quaternary nitrogens is 1. The quantitative estimate of drug-likeness (QED) is 0.609. The molecule has 0 saturated carbocycles. The SMILES string of the molecule is Cn1c(=O)n(CC[NH+]2CCOCC2)c(=O)c2c1nc1n2CCN1c1ccccc1. The Hall–Kier alpha value is -2.91. The van der Waals surface area contributed by atoms with Crippen molar-refractivity contribution in [3.8, 4) is 0 Å². The van der Waals surface area contributed by atoms with Gasteiger partial charge in [0.1, 0.15) is 13.1 Å². The van der Waals surface area contributed by atoms with E-state index in [-0.39, 0.29) is 11.2 Å². The van der Waals surface area contributed by atoms with Gasteiger partial charge in [0.2, 0.25) is 5.95 Å². The average molecular weight is 397 g/mol. The summed E-state index contributed by atoms with van der Waals surface area (Å²) in [6.07, 6.45) is 0. The molecule has 9 heteroatoms. The molecule has 1 N–H and O–H groups in total. The number of aryl methyl sites for hydroxylation is 1. The highest BCUT2D eigenvalue weighted by molar-refractivity contribution is 5.77. The summed E-state index contributed by atoms with van der Waals surface area (Å²) in [5.74, 6) is 0.717. The first-order chi connectivity index (χ1) is 14.1. The van der Waals surface area contributed by atoms with Gasteiger partial charge in [-0.2, -0.15) is 4.98 Å². The van der Waals surface area contributed by atoms with Gasteiger partial charge in [-0.25, -0.2) is 4.79 Å². The smallest absolute Gasteiger partial charge is 0.332 e. The Morgan fingerprint density at radius 3 is 2.62 bits per heavy atom. The van der Waals surface area contributed by atoms with Gasteiger partial charge in [0.15, 0.2) is 11.2 Å². The van der Waals surface area contributed by atoms with Crippen LogP contribution >= 0.6 is 0 Å². The number of benzene rings is 1. The minimum atomic E-state index is -0.307. The van der Waals surface area contributed by atoms with E-state index in [0.717, 1.165) is 51.0 Å². The number of hydrogen-bond donors (Lipinski definition) is 1. The second kappa shape index (κ2) is 7.16. The van der Waals surface area contributed by atoms with Gasteiger partial charge in [-0.1, -0.05) is 18.2 Å². The maximum Gasteiger partial charge on any atom is 0.332 e. The van der Waals surface area contributed by atoms with Crippen molar-refractivity contribution >= 4 is 22.8 Å². The number of nitrogens with one attached hydrogen (secondary N) is 1. The molecule has 0 spiro atoms. The first-order valence-electron chi connectivity index (χ1n) is 10.1. The van der Waals surface area contributed by atoms with E-state index >= 15 is 0 Å². The zero-order valence-corrected chi connectivity index (χ0v) is 16.5. The molecule has 1 fully saturated rings. The highest BCUT2D eigenvalue weighted by Gasteiger charge is 2.28. The van der Waals surface area contributed by atoms with Crippen molar-refractivity contribution in [1.82, 2.24) is 18.7 Å². The molecule has 2 aromatic heterocycles. The van der Waals surface area contributed by atoms with Gasteiger partial charge >= 0.3 is 5.69 Å². The largest absolute Gasteiger partial charge is 0.370 e. The number of rotatable bonds is 4. The molecule has 5 rings (SSSR count). The Balaban J connectivity index is 1.56. The van der Waals surface area contributed by atoms with Gasteiger partial charge in [-0.05, 0) is 12.1 Å². The van der Waals surface area contributed by atoms with Gasteiger partial charge in [-0.15, -0.1) is 0 Å². The molecule has 2 aliphatic heterocycles. The molecule has 1 aromatic carbocycles. The van der Waals surface area contributed by atoms with Crippen LogP contribution in [0, 0.1) is 0 Å². The lowest BCUT2D eigenvalue weighted by Crippen LogP contribution is -3.14. The van der Waals surface area contributed by atoms with E-state index in [0.29, 0.717) is 24.3 Å². The van der Waals surface area contributed by atoms with E-state index in [4.69, 9.17) is 4.74 Å². The number of aromatic nitrogens is 4. The molecule has 1 saturated heterocycles. The lowest BCUT2D eigenvalue weighted by Gasteiger charge is -2.23. The fraction of sp³-hybridized carbons (Fsp3) is 0.450. The van der Waals surface area contributed by atoms with E-state index in [1.54, 1.807) is 7.05 Å². The summed E-state index contributed by atoms with van der Waals surface area (Å²) < 4.78 is 10.2. The Kier molecular flexibility index (Phi) is 4.48. The average Bonchev–Trinajstić information content (AvgIpc) is 3.33.